The van der Waals surface area contributed by atoms with Crippen molar-refractivity contribution in [3.63, 3.8) is 0 Å². The van der Waals surface area contributed by atoms with Gasteiger partial charge in [-0.1, -0.05) is 25.0 Å². The van der Waals surface area contributed by atoms with E-state index in [1.54, 1.807) is 6.07 Å². The predicted octanol–water partition coefficient (Wildman–Crippen LogP) is 3.34. The number of halogens is 1. The van der Waals surface area contributed by atoms with E-state index in [0.717, 1.165) is 24.1 Å². The molecule has 1 N–H and O–H groups in total. The van der Waals surface area contributed by atoms with Crippen molar-refractivity contribution in [3.8, 4) is 0 Å². The highest BCUT2D eigenvalue weighted by Gasteiger charge is 2.16. The highest BCUT2D eigenvalue weighted by Crippen LogP contribution is 2.25. The molecule has 1 aromatic carbocycles. The number of hydrogen-bond acceptors (Lipinski definition) is 1. The molecule has 2 heteroatoms. The van der Waals surface area contributed by atoms with Gasteiger partial charge in [0.15, 0.2) is 0 Å². The van der Waals surface area contributed by atoms with Gasteiger partial charge in [0.2, 0.25) is 0 Å². The molecule has 1 unspecified atom stereocenters. The Hall–Kier alpha value is -0.890. The van der Waals surface area contributed by atoms with Crippen molar-refractivity contribution in [1.29, 1.82) is 0 Å². The van der Waals surface area contributed by atoms with Crippen LogP contribution in [0, 0.1) is 12.7 Å². The van der Waals surface area contributed by atoms with E-state index >= 15 is 0 Å². The van der Waals surface area contributed by atoms with Gasteiger partial charge in [-0.2, -0.15) is 0 Å². The highest BCUT2D eigenvalue weighted by atomic mass is 19.1. The van der Waals surface area contributed by atoms with Crippen molar-refractivity contribution in [2.45, 2.75) is 38.6 Å². The zero-order valence-electron chi connectivity index (χ0n) is 9.22. The van der Waals surface area contributed by atoms with Crippen LogP contribution in [0.2, 0.25) is 0 Å². The first-order chi connectivity index (χ1) is 7.27. The van der Waals surface area contributed by atoms with Gasteiger partial charge in [0, 0.05) is 11.6 Å². The van der Waals surface area contributed by atoms with Crippen molar-refractivity contribution in [2.75, 3.05) is 6.54 Å². The number of aryl methyl sites for hydroxylation is 1. The van der Waals surface area contributed by atoms with Crippen LogP contribution in [-0.4, -0.2) is 6.54 Å². The molecule has 1 heterocycles. The molecule has 1 fully saturated rings. The van der Waals surface area contributed by atoms with Crippen LogP contribution >= 0.6 is 0 Å². The molecule has 0 spiro atoms. The Morgan fingerprint density at radius 2 is 2.13 bits per heavy atom. The van der Waals surface area contributed by atoms with E-state index in [-0.39, 0.29) is 11.9 Å². The fourth-order valence-corrected chi connectivity index (χ4v) is 2.21. The van der Waals surface area contributed by atoms with Gasteiger partial charge < -0.3 is 5.32 Å². The van der Waals surface area contributed by atoms with E-state index in [1.807, 2.05) is 19.1 Å². The van der Waals surface area contributed by atoms with Gasteiger partial charge in [-0.15, -0.1) is 0 Å². The van der Waals surface area contributed by atoms with Crippen LogP contribution in [0.25, 0.3) is 0 Å². The van der Waals surface area contributed by atoms with Crippen LogP contribution in [0.5, 0.6) is 0 Å². The zero-order chi connectivity index (χ0) is 10.7. The molecule has 1 atom stereocenters. The molecular formula is C13H18FN. The van der Waals surface area contributed by atoms with Gasteiger partial charge in [0.1, 0.15) is 5.82 Å². The summed E-state index contributed by atoms with van der Waals surface area (Å²) in [5.41, 5.74) is 1.83. The molecule has 0 radical (unpaired) electrons. The van der Waals surface area contributed by atoms with E-state index in [0.29, 0.717) is 0 Å². The Balaban J connectivity index is 2.19. The molecular weight excluding hydrogens is 189 g/mol. The number of rotatable bonds is 1. The Bertz CT molecular complexity index is 327. The summed E-state index contributed by atoms with van der Waals surface area (Å²) in [5.74, 6) is -0.0607. The predicted molar refractivity (Wildman–Crippen MR) is 60.3 cm³/mol. The molecule has 1 nitrogen and oxygen atoms in total. The van der Waals surface area contributed by atoms with E-state index in [4.69, 9.17) is 0 Å². The van der Waals surface area contributed by atoms with Gasteiger partial charge >= 0.3 is 0 Å². The van der Waals surface area contributed by atoms with Crippen molar-refractivity contribution >= 4 is 0 Å². The van der Waals surface area contributed by atoms with Crippen LogP contribution in [-0.2, 0) is 0 Å². The lowest BCUT2D eigenvalue weighted by Crippen LogP contribution is -2.21. The summed E-state index contributed by atoms with van der Waals surface area (Å²) >= 11 is 0. The number of hydrogen-bond donors (Lipinski definition) is 1. The molecule has 15 heavy (non-hydrogen) atoms. The van der Waals surface area contributed by atoms with Crippen LogP contribution < -0.4 is 5.32 Å². The largest absolute Gasteiger partial charge is 0.310 e. The Labute approximate surface area is 90.7 Å². The molecule has 1 aromatic rings. The zero-order valence-corrected chi connectivity index (χ0v) is 9.22. The maximum atomic E-state index is 13.7. The van der Waals surface area contributed by atoms with Gasteiger partial charge in [0.25, 0.3) is 0 Å². The topological polar surface area (TPSA) is 12.0 Å². The quantitative estimate of drug-likeness (QED) is 0.744. The third kappa shape index (κ3) is 2.57. The van der Waals surface area contributed by atoms with E-state index in [2.05, 4.69) is 5.32 Å². The Kier molecular flexibility index (Phi) is 3.37. The summed E-state index contributed by atoms with van der Waals surface area (Å²) in [4.78, 5) is 0. The summed E-state index contributed by atoms with van der Waals surface area (Å²) < 4.78 is 13.7. The molecule has 0 aromatic heterocycles. The molecule has 2 rings (SSSR count). The SMILES string of the molecule is Cc1ccc(C2CCCCCN2)c(F)c1. The molecule has 0 saturated carbocycles. The third-order valence-electron chi connectivity index (χ3n) is 3.09. The summed E-state index contributed by atoms with van der Waals surface area (Å²) in [6, 6.07) is 5.76. The summed E-state index contributed by atoms with van der Waals surface area (Å²) in [6.07, 6.45) is 4.73. The van der Waals surface area contributed by atoms with Gasteiger partial charge in [0.05, 0.1) is 0 Å². The smallest absolute Gasteiger partial charge is 0.128 e. The van der Waals surface area contributed by atoms with E-state index < -0.39 is 0 Å². The average Bonchev–Trinajstić information content (AvgIpc) is 2.46. The molecule has 0 aliphatic carbocycles. The molecule has 1 saturated heterocycles. The van der Waals surface area contributed by atoms with Gasteiger partial charge in [-0.25, -0.2) is 4.39 Å². The maximum Gasteiger partial charge on any atom is 0.128 e. The number of nitrogens with one attached hydrogen (secondary N) is 1. The van der Waals surface area contributed by atoms with Crippen molar-refractivity contribution in [3.05, 3.63) is 35.1 Å². The Morgan fingerprint density at radius 1 is 1.27 bits per heavy atom. The lowest BCUT2D eigenvalue weighted by molar-refractivity contribution is 0.498. The first-order valence-corrected chi connectivity index (χ1v) is 5.77. The molecule has 1 aliphatic heterocycles. The van der Waals surface area contributed by atoms with E-state index in [9.17, 15) is 4.39 Å². The minimum Gasteiger partial charge on any atom is -0.310 e. The van der Waals surface area contributed by atoms with Crippen LogP contribution in [0.1, 0.15) is 42.9 Å². The number of benzene rings is 1. The standard InChI is InChI=1S/C13H18FN/c1-10-6-7-11(12(14)9-10)13-5-3-2-4-8-15-13/h6-7,9,13,15H,2-5,8H2,1H3. The minimum absolute atomic E-state index is 0.0607. The first-order valence-electron chi connectivity index (χ1n) is 5.77. The lowest BCUT2D eigenvalue weighted by atomic mass is 10.0. The third-order valence-corrected chi connectivity index (χ3v) is 3.09. The van der Waals surface area contributed by atoms with Gasteiger partial charge in [-0.3, -0.25) is 0 Å². The Morgan fingerprint density at radius 3 is 2.93 bits per heavy atom. The average molecular weight is 207 g/mol. The van der Waals surface area contributed by atoms with Crippen molar-refractivity contribution in [2.24, 2.45) is 0 Å². The first kappa shape index (κ1) is 10.6. The molecule has 0 bridgehead atoms. The van der Waals surface area contributed by atoms with Crippen molar-refractivity contribution in [1.82, 2.24) is 5.32 Å². The molecule has 82 valence electrons. The lowest BCUT2D eigenvalue weighted by Gasteiger charge is -2.17. The normalized spacial score (nSPS) is 22.4. The summed E-state index contributed by atoms with van der Waals surface area (Å²) in [7, 11) is 0. The minimum atomic E-state index is -0.0607. The fraction of sp³-hybridized carbons (Fsp3) is 0.538. The highest BCUT2D eigenvalue weighted by molar-refractivity contribution is 5.26. The summed E-state index contributed by atoms with van der Waals surface area (Å²) in [6.45, 7) is 2.94. The second kappa shape index (κ2) is 4.75. The molecule has 1 aliphatic rings. The summed E-state index contributed by atoms with van der Waals surface area (Å²) in [5, 5.41) is 3.42. The monoisotopic (exact) mass is 207 g/mol. The second-order valence-electron chi connectivity index (χ2n) is 4.38. The van der Waals surface area contributed by atoms with Crippen LogP contribution in [0.15, 0.2) is 18.2 Å². The van der Waals surface area contributed by atoms with E-state index in [1.165, 1.54) is 19.3 Å². The van der Waals surface area contributed by atoms with Crippen LogP contribution in [0.3, 0.4) is 0 Å². The molecule has 0 amide bonds. The van der Waals surface area contributed by atoms with Crippen molar-refractivity contribution < 1.29 is 4.39 Å². The van der Waals surface area contributed by atoms with Gasteiger partial charge in [-0.05, 0) is 37.9 Å². The van der Waals surface area contributed by atoms with Crippen LogP contribution in [0.4, 0.5) is 4.39 Å². The maximum absolute atomic E-state index is 13.7. The fourth-order valence-electron chi connectivity index (χ4n) is 2.21. The second-order valence-corrected chi connectivity index (χ2v) is 4.38.